The minimum atomic E-state index is -1.17. The lowest BCUT2D eigenvalue weighted by Gasteiger charge is -2.28. The highest BCUT2D eigenvalue weighted by atomic mass is 35.5. The number of aromatic nitrogens is 5. The molecule has 4 aromatic heterocycles. The Bertz CT molecular complexity index is 1980. The van der Waals surface area contributed by atoms with Crippen molar-refractivity contribution in [2.24, 2.45) is 7.05 Å². The molecule has 42 heavy (non-hydrogen) atoms. The third-order valence-corrected chi connectivity index (χ3v) is 8.15. The number of carboxylic acid groups (broad SMARTS) is 1. The topological polar surface area (TPSA) is 103 Å². The Morgan fingerprint density at radius 2 is 1.74 bits per heavy atom. The number of hydrogen-bond donors (Lipinski definition) is 1. The molecule has 0 aliphatic heterocycles. The maximum absolute atomic E-state index is 12.6. The molecule has 1 unspecified atom stereocenters. The van der Waals surface area contributed by atoms with Crippen molar-refractivity contribution >= 4 is 50.2 Å². The van der Waals surface area contributed by atoms with Crippen LogP contribution in [0.4, 0.5) is 0 Å². The average Bonchev–Trinajstić information content (AvgIpc) is 3.53. The standard InChI is InChI=1S/C32H28ClN5O3S/c1-17-14-24-29(27(18-6-8-20(33)9-7-18)26(17)28(31(39)40)41-32(2,3)4)42-30(36-24)19-12-13-34-23(15-19)21-10-11-22-25(35-21)16-38(5)37-22/h6-16,28H,1-5H3,(H,39,40). The number of fused-ring (bicyclic) bond motifs is 2. The first-order valence-corrected chi connectivity index (χ1v) is 14.5. The number of carboxylic acids is 1. The van der Waals surface area contributed by atoms with Crippen LogP contribution in [0, 0.1) is 6.92 Å². The Hall–Kier alpha value is -4.18. The first-order valence-electron chi connectivity index (χ1n) is 13.3. The van der Waals surface area contributed by atoms with E-state index in [9.17, 15) is 9.90 Å². The summed E-state index contributed by atoms with van der Waals surface area (Å²) >= 11 is 7.73. The van der Waals surface area contributed by atoms with Crippen LogP contribution in [0.1, 0.15) is 38.0 Å². The molecule has 1 atom stereocenters. The number of aliphatic carboxylic acids is 1. The molecule has 0 aliphatic rings. The lowest BCUT2D eigenvalue weighted by molar-refractivity contribution is -0.160. The summed E-state index contributed by atoms with van der Waals surface area (Å²) in [7, 11) is 1.87. The molecule has 0 amide bonds. The molecule has 0 fully saturated rings. The van der Waals surface area contributed by atoms with E-state index in [1.54, 1.807) is 23.0 Å². The van der Waals surface area contributed by atoms with Crippen molar-refractivity contribution in [1.82, 2.24) is 24.7 Å². The largest absolute Gasteiger partial charge is 0.479 e. The maximum atomic E-state index is 12.6. The fourth-order valence-electron chi connectivity index (χ4n) is 5.03. The summed E-state index contributed by atoms with van der Waals surface area (Å²) in [6.07, 6.45) is 2.45. The molecule has 6 aromatic rings. The average molecular weight is 598 g/mol. The van der Waals surface area contributed by atoms with Crippen molar-refractivity contribution in [3.05, 3.63) is 83.1 Å². The van der Waals surface area contributed by atoms with Gasteiger partial charge in [0.2, 0.25) is 0 Å². The van der Waals surface area contributed by atoms with Gasteiger partial charge in [-0.15, -0.1) is 11.3 Å². The van der Waals surface area contributed by atoms with Crippen molar-refractivity contribution in [3.63, 3.8) is 0 Å². The number of thiazole rings is 1. The molecule has 8 nitrogen and oxygen atoms in total. The minimum absolute atomic E-state index is 0.595. The number of benzene rings is 2. The lowest BCUT2D eigenvalue weighted by Crippen LogP contribution is -2.28. The Kier molecular flexibility index (Phi) is 7.04. The van der Waals surface area contributed by atoms with Gasteiger partial charge in [0, 0.05) is 35.0 Å². The Morgan fingerprint density at radius 1 is 0.976 bits per heavy atom. The predicted molar refractivity (Wildman–Crippen MR) is 167 cm³/mol. The van der Waals surface area contributed by atoms with Gasteiger partial charge in [0.15, 0.2) is 6.10 Å². The van der Waals surface area contributed by atoms with Crippen LogP contribution in [0.5, 0.6) is 0 Å². The van der Waals surface area contributed by atoms with Crippen LogP contribution in [0.3, 0.4) is 0 Å². The van der Waals surface area contributed by atoms with E-state index < -0.39 is 17.7 Å². The monoisotopic (exact) mass is 597 g/mol. The van der Waals surface area contributed by atoms with E-state index in [4.69, 9.17) is 26.3 Å². The highest BCUT2D eigenvalue weighted by Gasteiger charge is 2.32. The molecular weight excluding hydrogens is 570 g/mol. The molecule has 0 saturated carbocycles. The minimum Gasteiger partial charge on any atom is -0.479 e. The highest BCUT2D eigenvalue weighted by Crippen LogP contribution is 2.44. The smallest absolute Gasteiger partial charge is 0.337 e. The van der Waals surface area contributed by atoms with Crippen LogP contribution in [-0.2, 0) is 16.6 Å². The van der Waals surface area contributed by atoms with Gasteiger partial charge >= 0.3 is 5.97 Å². The van der Waals surface area contributed by atoms with E-state index in [-0.39, 0.29) is 0 Å². The van der Waals surface area contributed by atoms with E-state index in [0.717, 1.165) is 59.9 Å². The molecule has 4 heterocycles. The van der Waals surface area contributed by atoms with Gasteiger partial charge in [-0.3, -0.25) is 9.67 Å². The molecule has 0 spiro atoms. The predicted octanol–water partition coefficient (Wildman–Crippen LogP) is 7.88. The summed E-state index contributed by atoms with van der Waals surface area (Å²) in [6.45, 7) is 7.46. The third kappa shape index (κ3) is 5.38. The summed E-state index contributed by atoms with van der Waals surface area (Å²) in [6, 6.07) is 17.1. The van der Waals surface area contributed by atoms with Gasteiger partial charge in [0.25, 0.3) is 0 Å². The molecule has 0 radical (unpaired) electrons. The molecule has 0 bridgehead atoms. The van der Waals surface area contributed by atoms with Crippen LogP contribution in [0.2, 0.25) is 5.02 Å². The molecular formula is C32H28ClN5O3S. The van der Waals surface area contributed by atoms with E-state index >= 15 is 0 Å². The summed E-state index contributed by atoms with van der Waals surface area (Å²) in [5, 5.41) is 16.1. The highest BCUT2D eigenvalue weighted by molar-refractivity contribution is 7.22. The number of hydrogen-bond acceptors (Lipinski definition) is 7. The van der Waals surface area contributed by atoms with E-state index in [0.29, 0.717) is 10.6 Å². The van der Waals surface area contributed by atoms with Crippen molar-refractivity contribution in [2.75, 3.05) is 0 Å². The van der Waals surface area contributed by atoms with Crippen LogP contribution in [-0.4, -0.2) is 41.4 Å². The molecule has 2 aromatic carbocycles. The zero-order valence-corrected chi connectivity index (χ0v) is 25.3. The van der Waals surface area contributed by atoms with Crippen LogP contribution < -0.4 is 0 Å². The summed E-state index contributed by atoms with van der Waals surface area (Å²) in [5.74, 6) is -1.05. The third-order valence-electron chi connectivity index (χ3n) is 6.76. The quantitative estimate of drug-likeness (QED) is 0.208. The fourth-order valence-corrected chi connectivity index (χ4v) is 6.28. The molecule has 212 valence electrons. The molecule has 6 rings (SSSR count). The zero-order valence-electron chi connectivity index (χ0n) is 23.7. The fraction of sp³-hybridized carbons (Fsp3) is 0.219. The van der Waals surface area contributed by atoms with Gasteiger partial charge in [0.1, 0.15) is 16.0 Å². The molecule has 10 heteroatoms. The second-order valence-corrected chi connectivity index (χ2v) is 12.6. The van der Waals surface area contributed by atoms with Gasteiger partial charge in [0.05, 0.1) is 33.4 Å². The molecule has 0 saturated heterocycles. The number of ether oxygens (including phenoxy) is 1. The van der Waals surface area contributed by atoms with Crippen molar-refractivity contribution in [2.45, 2.75) is 39.4 Å². The lowest BCUT2D eigenvalue weighted by atomic mass is 9.91. The second-order valence-electron chi connectivity index (χ2n) is 11.1. The van der Waals surface area contributed by atoms with Gasteiger partial charge in [-0.1, -0.05) is 23.7 Å². The number of rotatable bonds is 6. The van der Waals surface area contributed by atoms with Crippen LogP contribution >= 0.6 is 22.9 Å². The Balaban J connectivity index is 1.53. The van der Waals surface area contributed by atoms with Crippen LogP contribution in [0.25, 0.3) is 54.3 Å². The number of halogens is 1. The first kappa shape index (κ1) is 28.0. The number of nitrogens with zero attached hydrogens (tertiary/aromatic N) is 5. The van der Waals surface area contributed by atoms with Gasteiger partial charge in [-0.05, 0) is 81.3 Å². The van der Waals surface area contributed by atoms with E-state index in [2.05, 4.69) is 10.1 Å². The SMILES string of the molecule is Cc1cc2nc(-c3ccnc(-c4ccc5nn(C)cc5n4)c3)sc2c(-c2ccc(Cl)cc2)c1C(OC(C)(C)C)C(=O)O. The van der Waals surface area contributed by atoms with Crippen LogP contribution in [0.15, 0.2) is 67.0 Å². The van der Waals surface area contributed by atoms with Crippen molar-refractivity contribution in [3.8, 4) is 33.1 Å². The summed E-state index contributed by atoms with van der Waals surface area (Å²) in [4.78, 5) is 26.9. The van der Waals surface area contributed by atoms with E-state index in [1.807, 2.05) is 83.4 Å². The van der Waals surface area contributed by atoms with Gasteiger partial charge < -0.3 is 9.84 Å². The van der Waals surface area contributed by atoms with E-state index in [1.165, 1.54) is 11.3 Å². The zero-order chi connectivity index (χ0) is 29.8. The number of carbonyl (C=O) groups is 1. The number of aryl methyl sites for hydroxylation is 2. The van der Waals surface area contributed by atoms with Gasteiger partial charge in [-0.2, -0.15) is 5.10 Å². The maximum Gasteiger partial charge on any atom is 0.337 e. The van der Waals surface area contributed by atoms with Crippen molar-refractivity contribution in [1.29, 1.82) is 0 Å². The Morgan fingerprint density at radius 3 is 2.45 bits per heavy atom. The molecule has 0 aliphatic carbocycles. The first-order chi connectivity index (χ1) is 20.0. The second kappa shape index (κ2) is 10.6. The number of pyridine rings is 2. The Labute approximate surface area is 251 Å². The summed E-state index contributed by atoms with van der Waals surface area (Å²) < 4.78 is 8.73. The van der Waals surface area contributed by atoms with Gasteiger partial charge in [-0.25, -0.2) is 14.8 Å². The van der Waals surface area contributed by atoms with Crippen molar-refractivity contribution < 1.29 is 14.6 Å². The summed E-state index contributed by atoms with van der Waals surface area (Å²) in [5.41, 5.74) is 7.05. The normalized spacial score (nSPS) is 12.7. The molecule has 1 N–H and O–H groups in total.